The predicted octanol–water partition coefficient (Wildman–Crippen LogP) is 5.08. The van der Waals surface area contributed by atoms with E-state index in [9.17, 15) is 0 Å². The van der Waals surface area contributed by atoms with Gasteiger partial charge in [0.05, 0.1) is 6.61 Å². The Balaban J connectivity index is 2.12. The molecule has 0 atom stereocenters. The molecular formula is C16H17BrO2. The zero-order valence-electron chi connectivity index (χ0n) is 11.2. The highest BCUT2D eigenvalue weighted by atomic mass is 79.9. The van der Waals surface area contributed by atoms with Crippen molar-refractivity contribution < 1.29 is 9.47 Å². The Bertz CT molecular complexity index is 535. The number of ether oxygens (including phenoxy) is 2. The number of hydrogen-bond donors (Lipinski definition) is 0. The Morgan fingerprint density at radius 2 is 1.68 bits per heavy atom. The molecule has 0 aliphatic rings. The van der Waals surface area contributed by atoms with E-state index in [1.54, 1.807) is 0 Å². The Morgan fingerprint density at radius 3 is 2.26 bits per heavy atom. The van der Waals surface area contributed by atoms with Gasteiger partial charge in [0.25, 0.3) is 0 Å². The van der Waals surface area contributed by atoms with Gasteiger partial charge in [0.1, 0.15) is 17.2 Å². The summed E-state index contributed by atoms with van der Waals surface area (Å²) in [5.41, 5.74) is 2.38. The maximum atomic E-state index is 5.87. The third-order valence-electron chi connectivity index (χ3n) is 2.76. The first-order valence-corrected chi connectivity index (χ1v) is 7.41. The quantitative estimate of drug-likeness (QED) is 0.715. The Hall–Kier alpha value is -1.48. The summed E-state index contributed by atoms with van der Waals surface area (Å²) in [6.07, 6.45) is 0. The summed E-state index contributed by atoms with van der Waals surface area (Å²) in [6.45, 7) is 4.70. The summed E-state index contributed by atoms with van der Waals surface area (Å²) in [7, 11) is 0. The lowest BCUT2D eigenvalue weighted by Gasteiger charge is -2.10. The monoisotopic (exact) mass is 320 g/mol. The van der Waals surface area contributed by atoms with E-state index >= 15 is 0 Å². The van der Waals surface area contributed by atoms with Gasteiger partial charge in [-0.2, -0.15) is 0 Å². The summed E-state index contributed by atoms with van der Waals surface area (Å²) < 4.78 is 11.3. The van der Waals surface area contributed by atoms with Gasteiger partial charge in [-0.1, -0.05) is 28.1 Å². The zero-order valence-corrected chi connectivity index (χ0v) is 12.7. The summed E-state index contributed by atoms with van der Waals surface area (Å²) >= 11 is 3.45. The van der Waals surface area contributed by atoms with E-state index in [-0.39, 0.29) is 0 Å². The molecule has 0 spiro atoms. The molecule has 0 N–H and O–H groups in total. The van der Waals surface area contributed by atoms with E-state index < -0.39 is 0 Å². The van der Waals surface area contributed by atoms with Gasteiger partial charge in [-0.3, -0.25) is 0 Å². The van der Waals surface area contributed by atoms with Crippen molar-refractivity contribution in [3.8, 4) is 17.2 Å². The molecular weight excluding hydrogens is 304 g/mol. The predicted molar refractivity (Wildman–Crippen MR) is 81.5 cm³/mol. The van der Waals surface area contributed by atoms with Crippen molar-refractivity contribution in [1.82, 2.24) is 0 Å². The minimum Gasteiger partial charge on any atom is -0.494 e. The van der Waals surface area contributed by atoms with E-state index in [0.29, 0.717) is 6.61 Å². The van der Waals surface area contributed by atoms with Crippen molar-refractivity contribution in [2.45, 2.75) is 19.2 Å². The molecule has 0 heterocycles. The highest BCUT2D eigenvalue weighted by molar-refractivity contribution is 9.08. The molecule has 0 aliphatic carbocycles. The van der Waals surface area contributed by atoms with Crippen molar-refractivity contribution in [3.05, 3.63) is 53.6 Å². The van der Waals surface area contributed by atoms with Crippen molar-refractivity contribution in [3.63, 3.8) is 0 Å². The van der Waals surface area contributed by atoms with Crippen molar-refractivity contribution >= 4 is 15.9 Å². The highest BCUT2D eigenvalue weighted by Crippen LogP contribution is 2.27. The fourth-order valence-electron chi connectivity index (χ4n) is 1.81. The third-order valence-corrected chi connectivity index (χ3v) is 3.40. The lowest BCUT2D eigenvalue weighted by Crippen LogP contribution is -1.92. The first kappa shape index (κ1) is 13.9. The van der Waals surface area contributed by atoms with Crippen molar-refractivity contribution in [2.75, 3.05) is 6.61 Å². The van der Waals surface area contributed by atoms with Crippen LogP contribution in [0.2, 0.25) is 0 Å². The second-order valence-corrected chi connectivity index (χ2v) is 4.80. The highest BCUT2D eigenvalue weighted by Gasteiger charge is 2.03. The molecule has 0 amide bonds. The summed E-state index contributed by atoms with van der Waals surface area (Å²) in [5, 5.41) is 0.858. The van der Waals surface area contributed by atoms with Gasteiger partial charge in [-0.25, -0.2) is 0 Å². The van der Waals surface area contributed by atoms with E-state index in [1.807, 2.05) is 37.3 Å². The SMILES string of the molecule is CCOc1ccc(Oc2ccc(CBr)cc2C)cc1. The van der Waals surface area contributed by atoms with Gasteiger partial charge in [0.2, 0.25) is 0 Å². The average molecular weight is 321 g/mol. The fraction of sp³-hybridized carbons (Fsp3) is 0.250. The summed E-state index contributed by atoms with van der Waals surface area (Å²) in [4.78, 5) is 0. The van der Waals surface area contributed by atoms with Gasteiger partial charge in [0.15, 0.2) is 0 Å². The molecule has 0 radical (unpaired) electrons. The van der Waals surface area contributed by atoms with Crippen molar-refractivity contribution in [2.24, 2.45) is 0 Å². The van der Waals surface area contributed by atoms with Crippen molar-refractivity contribution in [1.29, 1.82) is 0 Å². The molecule has 2 aromatic rings. The zero-order chi connectivity index (χ0) is 13.7. The number of aryl methyl sites for hydroxylation is 1. The van der Waals surface area contributed by atoms with Gasteiger partial charge < -0.3 is 9.47 Å². The van der Waals surface area contributed by atoms with Crippen LogP contribution in [0.25, 0.3) is 0 Å². The Morgan fingerprint density at radius 1 is 1.00 bits per heavy atom. The molecule has 3 heteroatoms. The van der Waals surface area contributed by atoms with E-state index in [1.165, 1.54) is 5.56 Å². The van der Waals surface area contributed by atoms with Crippen LogP contribution in [0.3, 0.4) is 0 Å². The van der Waals surface area contributed by atoms with Crippen LogP contribution < -0.4 is 9.47 Å². The first-order chi connectivity index (χ1) is 9.22. The third kappa shape index (κ3) is 3.74. The van der Waals surface area contributed by atoms with Gasteiger partial charge in [-0.05, 0) is 55.3 Å². The minimum absolute atomic E-state index is 0.674. The average Bonchev–Trinajstić information content (AvgIpc) is 2.43. The van der Waals surface area contributed by atoms with Crippen LogP contribution >= 0.6 is 15.9 Å². The molecule has 0 bridgehead atoms. The fourth-order valence-corrected chi connectivity index (χ4v) is 2.16. The van der Waals surface area contributed by atoms with E-state index in [0.717, 1.165) is 28.1 Å². The van der Waals surface area contributed by atoms with Crippen LogP contribution in [-0.4, -0.2) is 6.61 Å². The lowest BCUT2D eigenvalue weighted by atomic mass is 10.1. The van der Waals surface area contributed by atoms with Crippen LogP contribution in [0.5, 0.6) is 17.2 Å². The number of hydrogen-bond acceptors (Lipinski definition) is 2. The molecule has 2 nitrogen and oxygen atoms in total. The first-order valence-electron chi connectivity index (χ1n) is 6.29. The van der Waals surface area contributed by atoms with Crippen LogP contribution in [0, 0.1) is 6.92 Å². The molecule has 0 aliphatic heterocycles. The minimum atomic E-state index is 0.674. The van der Waals surface area contributed by atoms with Gasteiger partial charge in [-0.15, -0.1) is 0 Å². The van der Waals surface area contributed by atoms with Crippen LogP contribution in [0.4, 0.5) is 0 Å². The topological polar surface area (TPSA) is 18.5 Å². The smallest absolute Gasteiger partial charge is 0.130 e. The normalized spacial score (nSPS) is 10.3. The van der Waals surface area contributed by atoms with Gasteiger partial charge >= 0.3 is 0 Å². The van der Waals surface area contributed by atoms with E-state index in [2.05, 4.69) is 35.0 Å². The lowest BCUT2D eigenvalue weighted by molar-refractivity contribution is 0.339. The number of halogens is 1. The molecule has 0 aromatic heterocycles. The van der Waals surface area contributed by atoms with E-state index in [4.69, 9.17) is 9.47 Å². The summed E-state index contributed by atoms with van der Waals surface area (Å²) in [6, 6.07) is 13.9. The van der Waals surface area contributed by atoms with Crippen LogP contribution in [-0.2, 0) is 5.33 Å². The standard InChI is InChI=1S/C16H17BrO2/c1-3-18-14-5-7-15(8-6-14)19-16-9-4-13(11-17)10-12(16)2/h4-10H,3,11H2,1-2H3. The molecule has 2 rings (SSSR count). The second-order valence-electron chi connectivity index (χ2n) is 4.24. The maximum Gasteiger partial charge on any atom is 0.130 e. The Labute approximate surface area is 122 Å². The number of alkyl halides is 1. The molecule has 0 saturated heterocycles. The van der Waals surface area contributed by atoms with Gasteiger partial charge in [0, 0.05) is 5.33 Å². The largest absolute Gasteiger partial charge is 0.494 e. The molecule has 0 unspecified atom stereocenters. The Kier molecular flexibility index (Phi) is 4.86. The molecule has 100 valence electrons. The molecule has 0 fully saturated rings. The second kappa shape index (κ2) is 6.62. The maximum absolute atomic E-state index is 5.87. The van der Waals surface area contributed by atoms with Crippen LogP contribution in [0.15, 0.2) is 42.5 Å². The number of benzene rings is 2. The molecule has 0 saturated carbocycles. The molecule has 19 heavy (non-hydrogen) atoms. The molecule has 2 aromatic carbocycles. The number of rotatable bonds is 5. The van der Waals surface area contributed by atoms with Crippen LogP contribution in [0.1, 0.15) is 18.1 Å². The summed E-state index contributed by atoms with van der Waals surface area (Å²) in [5.74, 6) is 2.56.